The molecule has 0 aliphatic carbocycles. The summed E-state index contributed by atoms with van der Waals surface area (Å²) in [6.07, 6.45) is 1.58. The van der Waals surface area contributed by atoms with Crippen molar-refractivity contribution in [3.05, 3.63) is 29.3 Å². The highest BCUT2D eigenvalue weighted by Gasteiger charge is 2.30. The van der Waals surface area contributed by atoms with Crippen LogP contribution in [-0.2, 0) is 21.1 Å². The Morgan fingerprint density at radius 3 is 2.29 bits per heavy atom. The molecule has 2 N–H and O–H groups in total. The number of hydrogen-bond acceptors (Lipinski definition) is 4. The molecular weight excluding hydrogens is 294 g/mol. The van der Waals surface area contributed by atoms with Gasteiger partial charge in [0.25, 0.3) is 5.91 Å². The molecule has 21 heavy (non-hydrogen) atoms. The first-order chi connectivity index (χ1) is 9.49. The summed E-state index contributed by atoms with van der Waals surface area (Å²) in [6.45, 7) is 4.55. The van der Waals surface area contributed by atoms with Gasteiger partial charge in [0, 0.05) is 11.8 Å². The van der Waals surface area contributed by atoms with Crippen LogP contribution in [0.1, 0.15) is 36.7 Å². The van der Waals surface area contributed by atoms with Crippen LogP contribution in [0.25, 0.3) is 0 Å². The molecule has 0 spiro atoms. The summed E-state index contributed by atoms with van der Waals surface area (Å²) in [5, 5.41) is 11.4. The molecule has 1 aromatic rings. The Morgan fingerprint density at radius 1 is 1.29 bits per heavy atom. The minimum absolute atomic E-state index is 0.0259. The molecule has 0 aliphatic rings. The third kappa shape index (κ3) is 4.04. The summed E-state index contributed by atoms with van der Waals surface area (Å²) in [7, 11) is -3.44. The molecule has 0 saturated carbocycles. The minimum Gasteiger partial charge on any atom is -0.480 e. The van der Waals surface area contributed by atoms with E-state index in [-0.39, 0.29) is 10.5 Å². The smallest absolute Gasteiger partial charge is 0.328 e. The zero-order valence-corrected chi connectivity index (χ0v) is 13.2. The normalized spacial score (nSPS) is 12.0. The molecule has 0 aliphatic heterocycles. The number of carboxylic acid groups (broad SMARTS) is 1. The van der Waals surface area contributed by atoms with Gasteiger partial charge in [-0.2, -0.15) is 0 Å². The van der Waals surface area contributed by atoms with Crippen molar-refractivity contribution >= 4 is 21.7 Å². The van der Waals surface area contributed by atoms with Crippen molar-refractivity contribution in [1.82, 2.24) is 5.32 Å². The third-order valence-corrected chi connectivity index (χ3v) is 4.21. The molecule has 7 heteroatoms. The zero-order chi connectivity index (χ0) is 16.4. The van der Waals surface area contributed by atoms with E-state index in [1.807, 2.05) is 6.92 Å². The van der Waals surface area contributed by atoms with Crippen LogP contribution >= 0.6 is 0 Å². The monoisotopic (exact) mass is 313 g/mol. The molecule has 0 unspecified atom stereocenters. The quantitative estimate of drug-likeness (QED) is 0.852. The minimum atomic E-state index is -3.44. The topological polar surface area (TPSA) is 101 Å². The first-order valence-electron chi connectivity index (χ1n) is 6.38. The molecule has 116 valence electrons. The number of aryl methyl sites for hydroxylation is 1. The molecule has 0 radical (unpaired) electrons. The Labute approximate surface area is 124 Å². The van der Waals surface area contributed by atoms with Gasteiger partial charge in [0.1, 0.15) is 5.54 Å². The van der Waals surface area contributed by atoms with E-state index in [9.17, 15) is 18.0 Å². The van der Waals surface area contributed by atoms with Crippen LogP contribution in [0.2, 0.25) is 0 Å². The number of sulfone groups is 1. The van der Waals surface area contributed by atoms with Crippen LogP contribution in [0.4, 0.5) is 0 Å². The number of rotatable bonds is 5. The summed E-state index contributed by atoms with van der Waals surface area (Å²) in [5.41, 5.74) is -0.612. The molecule has 0 heterocycles. The summed E-state index contributed by atoms with van der Waals surface area (Å²) in [6, 6.07) is 4.29. The van der Waals surface area contributed by atoms with Gasteiger partial charge in [-0.25, -0.2) is 13.2 Å². The van der Waals surface area contributed by atoms with Crippen LogP contribution in [0, 0.1) is 0 Å². The molecule has 1 aromatic carbocycles. The van der Waals surface area contributed by atoms with Crippen molar-refractivity contribution in [3.8, 4) is 0 Å². The molecule has 0 atom stereocenters. The van der Waals surface area contributed by atoms with Gasteiger partial charge in [-0.15, -0.1) is 0 Å². The van der Waals surface area contributed by atoms with Crippen molar-refractivity contribution < 1.29 is 23.1 Å². The molecule has 1 rings (SSSR count). The first kappa shape index (κ1) is 17.2. The van der Waals surface area contributed by atoms with Gasteiger partial charge >= 0.3 is 5.97 Å². The number of benzene rings is 1. The number of aliphatic carboxylic acids is 1. The average molecular weight is 313 g/mol. The van der Waals surface area contributed by atoms with Crippen LogP contribution in [-0.4, -0.2) is 37.2 Å². The third-order valence-electron chi connectivity index (χ3n) is 3.10. The lowest BCUT2D eigenvalue weighted by molar-refractivity contribution is -0.143. The second kappa shape index (κ2) is 5.85. The number of carbonyl (C=O) groups excluding carboxylic acids is 1. The maximum absolute atomic E-state index is 12.3. The van der Waals surface area contributed by atoms with Crippen LogP contribution < -0.4 is 5.32 Å². The van der Waals surface area contributed by atoms with Gasteiger partial charge in [0.15, 0.2) is 9.84 Å². The Balaban J connectivity index is 3.28. The highest BCUT2D eigenvalue weighted by molar-refractivity contribution is 7.90. The van der Waals surface area contributed by atoms with Gasteiger partial charge in [-0.3, -0.25) is 4.79 Å². The summed E-state index contributed by atoms with van der Waals surface area (Å²) >= 11 is 0. The van der Waals surface area contributed by atoms with Gasteiger partial charge in [-0.1, -0.05) is 13.0 Å². The zero-order valence-electron chi connectivity index (χ0n) is 12.4. The summed E-state index contributed by atoms with van der Waals surface area (Å²) < 4.78 is 23.1. The van der Waals surface area contributed by atoms with Crippen molar-refractivity contribution in [2.24, 2.45) is 0 Å². The van der Waals surface area contributed by atoms with E-state index >= 15 is 0 Å². The van der Waals surface area contributed by atoms with Crippen LogP contribution in [0.3, 0.4) is 0 Å². The van der Waals surface area contributed by atoms with Crippen LogP contribution in [0.15, 0.2) is 23.1 Å². The van der Waals surface area contributed by atoms with Gasteiger partial charge < -0.3 is 10.4 Å². The second-order valence-corrected chi connectivity index (χ2v) is 7.34. The summed E-state index contributed by atoms with van der Waals surface area (Å²) in [5.74, 6) is -1.78. The number of carbonyl (C=O) groups is 2. The van der Waals surface area contributed by atoms with Crippen molar-refractivity contribution in [2.45, 2.75) is 37.6 Å². The number of amides is 1. The highest BCUT2D eigenvalue weighted by atomic mass is 32.2. The lowest BCUT2D eigenvalue weighted by Crippen LogP contribution is -2.49. The molecule has 0 bridgehead atoms. The van der Waals surface area contributed by atoms with E-state index in [2.05, 4.69) is 5.32 Å². The van der Waals surface area contributed by atoms with Crippen LogP contribution in [0.5, 0.6) is 0 Å². The Bertz CT molecular complexity index is 677. The number of hydrogen-bond donors (Lipinski definition) is 2. The second-order valence-electron chi connectivity index (χ2n) is 5.33. The molecule has 6 nitrogen and oxygen atoms in total. The lowest BCUT2D eigenvalue weighted by Gasteiger charge is -2.22. The fraction of sp³-hybridized carbons (Fsp3) is 0.429. The van der Waals surface area contributed by atoms with E-state index in [0.717, 1.165) is 6.26 Å². The van der Waals surface area contributed by atoms with Gasteiger partial charge in [0.2, 0.25) is 0 Å². The van der Waals surface area contributed by atoms with E-state index in [0.29, 0.717) is 12.0 Å². The molecular formula is C14H19NO5S. The standard InChI is InChI=1S/C14H19NO5S/c1-5-9-6-7-10(21(4,19)20)8-11(9)12(16)15-14(2,3)13(17)18/h6-8H,5H2,1-4H3,(H,15,16)(H,17,18). The number of carboxylic acids is 1. The van der Waals surface area contributed by atoms with E-state index in [1.54, 1.807) is 6.07 Å². The Kier molecular flexibility index (Phi) is 4.78. The largest absolute Gasteiger partial charge is 0.480 e. The van der Waals surface area contributed by atoms with Crippen molar-refractivity contribution in [1.29, 1.82) is 0 Å². The fourth-order valence-corrected chi connectivity index (χ4v) is 2.36. The number of nitrogens with one attached hydrogen (secondary N) is 1. The van der Waals surface area contributed by atoms with Crippen molar-refractivity contribution in [2.75, 3.05) is 6.26 Å². The SMILES string of the molecule is CCc1ccc(S(C)(=O)=O)cc1C(=O)NC(C)(C)C(=O)O. The fourth-order valence-electron chi connectivity index (χ4n) is 1.71. The first-order valence-corrected chi connectivity index (χ1v) is 8.27. The average Bonchev–Trinajstić information content (AvgIpc) is 2.36. The van der Waals surface area contributed by atoms with Gasteiger partial charge in [0.05, 0.1) is 4.90 Å². The predicted octanol–water partition coefficient (Wildman–Crippen LogP) is 1.25. The highest BCUT2D eigenvalue weighted by Crippen LogP contribution is 2.18. The van der Waals surface area contributed by atoms with E-state index in [1.165, 1.54) is 26.0 Å². The maximum Gasteiger partial charge on any atom is 0.328 e. The van der Waals surface area contributed by atoms with E-state index in [4.69, 9.17) is 5.11 Å². The predicted molar refractivity (Wildman–Crippen MR) is 78.1 cm³/mol. The molecule has 0 saturated heterocycles. The molecule has 1 amide bonds. The summed E-state index contributed by atoms with van der Waals surface area (Å²) in [4.78, 5) is 23.3. The molecule has 0 fully saturated rings. The van der Waals surface area contributed by atoms with E-state index < -0.39 is 27.3 Å². The van der Waals surface area contributed by atoms with Crippen molar-refractivity contribution in [3.63, 3.8) is 0 Å². The maximum atomic E-state index is 12.3. The molecule has 0 aromatic heterocycles. The lowest BCUT2D eigenvalue weighted by atomic mass is 10.0. The Hall–Kier alpha value is -1.89. The van der Waals surface area contributed by atoms with Gasteiger partial charge in [-0.05, 0) is 38.0 Å². The Morgan fingerprint density at radius 2 is 1.86 bits per heavy atom.